The number of rotatable bonds is 2. The summed E-state index contributed by atoms with van der Waals surface area (Å²) in [6, 6.07) is 12.8. The summed E-state index contributed by atoms with van der Waals surface area (Å²) in [5.74, 6) is 1.18. The second-order valence-electron chi connectivity index (χ2n) is 4.96. The number of benzene rings is 2. The Hall–Kier alpha value is -2.60. The molecule has 2 heterocycles. The van der Waals surface area contributed by atoms with Crippen molar-refractivity contribution in [2.24, 2.45) is 4.99 Å². The van der Waals surface area contributed by atoms with Gasteiger partial charge in [0.15, 0.2) is 17.2 Å². The summed E-state index contributed by atoms with van der Waals surface area (Å²) < 4.78 is 16.8. The number of fused-ring (bicyclic) bond motifs is 1. The van der Waals surface area contributed by atoms with E-state index in [1.165, 1.54) is 0 Å². The predicted octanol–water partition coefficient (Wildman–Crippen LogP) is 3.52. The lowest BCUT2D eigenvalue weighted by Crippen LogP contribution is -2.05. The van der Waals surface area contributed by atoms with Gasteiger partial charge in [0.1, 0.15) is 0 Å². The van der Waals surface area contributed by atoms with Crippen LogP contribution in [0.2, 0.25) is 0 Å². The van der Waals surface area contributed by atoms with E-state index < -0.39 is 5.97 Å². The SMILES string of the molecule is O=C1OC(c2ccc(Br)cc2)=N/C1=C\c1ccc2c(c1)OCO2. The number of halogens is 1. The largest absolute Gasteiger partial charge is 0.454 e. The van der Waals surface area contributed by atoms with Crippen molar-refractivity contribution in [3.8, 4) is 11.5 Å². The van der Waals surface area contributed by atoms with Gasteiger partial charge in [0.25, 0.3) is 0 Å². The van der Waals surface area contributed by atoms with E-state index in [0.29, 0.717) is 17.4 Å². The van der Waals surface area contributed by atoms with Gasteiger partial charge in [-0.3, -0.25) is 0 Å². The van der Waals surface area contributed by atoms with Gasteiger partial charge in [-0.05, 0) is 48.0 Å². The third kappa shape index (κ3) is 2.73. The molecule has 0 atom stereocenters. The molecule has 0 saturated carbocycles. The first kappa shape index (κ1) is 14.0. The molecule has 0 radical (unpaired) electrons. The van der Waals surface area contributed by atoms with Gasteiger partial charge in [-0.15, -0.1) is 0 Å². The zero-order valence-electron chi connectivity index (χ0n) is 11.8. The molecule has 0 fully saturated rings. The summed E-state index contributed by atoms with van der Waals surface area (Å²) in [6.45, 7) is 0.212. The number of esters is 1. The van der Waals surface area contributed by atoms with Crippen molar-refractivity contribution in [1.82, 2.24) is 0 Å². The predicted molar refractivity (Wildman–Crippen MR) is 87.3 cm³/mol. The monoisotopic (exact) mass is 371 g/mol. The van der Waals surface area contributed by atoms with Crippen LogP contribution in [0.5, 0.6) is 11.5 Å². The van der Waals surface area contributed by atoms with Crippen molar-refractivity contribution >= 4 is 33.9 Å². The molecule has 0 saturated heterocycles. The van der Waals surface area contributed by atoms with Gasteiger partial charge >= 0.3 is 5.97 Å². The Bertz CT molecular complexity index is 855. The van der Waals surface area contributed by atoms with E-state index in [1.807, 2.05) is 30.3 Å². The summed E-state index contributed by atoms with van der Waals surface area (Å²) in [7, 11) is 0. The average molecular weight is 372 g/mol. The molecule has 0 aromatic heterocycles. The van der Waals surface area contributed by atoms with Crippen LogP contribution in [0.1, 0.15) is 11.1 Å². The van der Waals surface area contributed by atoms with Crippen LogP contribution in [0.15, 0.2) is 57.6 Å². The van der Waals surface area contributed by atoms with Crippen molar-refractivity contribution in [2.45, 2.75) is 0 Å². The molecular weight excluding hydrogens is 362 g/mol. The topological polar surface area (TPSA) is 57.1 Å². The normalized spacial score (nSPS) is 17.3. The van der Waals surface area contributed by atoms with Crippen LogP contribution >= 0.6 is 15.9 Å². The Labute approximate surface area is 140 Å². The lowest BCUT2D eigenvalue weighted by molar-refractivity contribution is -0.129. The number of ether oxygens (including phenoxy) is 3. The van der Waals surface area contributed by atoms with Gasteiger partial charge in [-0.25, -0.2) is 9.79 Å². The first-order valence-corrected chi connectivity index (χ1v) is 7.66. The van der Waals surface area contributed by atoms with E-state index in [9.17, 15) is 4.79 Å². The molecule has 2 aromatic carbocycles. The van der Waals surface area contributed by atoms with Gasteiger partial charge in [0.05, 0.1) is 0 Å². The number of nitrogens with zero attached hydrogens (tertiary/aromatic N) is 1. The summed E-state index contributed by atoms with van der Waals surface area (Å²) in [6.07, 6.45) is 1.66. The zero-order chi connectivity index (χ0) is 15.8. The second kappa shape index (κ2) is 5.55. The van der Waals surface area contributed by atoms with Crippen molar-refractivity contribution in [3.63, 3.8) is 0 Å². The molecule has 2 aromatic rings. The minimum atomic E-state index is -0.472. The van der Waals surface area contributed by atoms with Gasteiger partial charge in [0, 0.05) is 10.0 Å². The van der Waals surface area contributed by atoms with Crippen molar-refractivity contribution in [1.29, 1.82) is 0 Å². The van der Waals surface area contributed by atoms with Gasteiger partial charge in [0.2, 0.25) is 12.7 Å². The molecule has 114 valence electrons. The van der Waals surface area contributed by atoms with Gasteiger partial charge in [-0.1, -0.05) is 22.0 Å². The highest BCUT2D eigenvalue weighted by Crippen LogP contribution is 2.33. The molecule has 23 heavy (non-hydrogen) atoms. The van der Waals surface area contributed by atoms with Crippen molar-refractivity contribution < 1.29 is 19.0 Å². The zero-order valence-corrected chi connectivity index (χ0v) is 13.4. The fraction of sp³-hybridized carbons (Fsp3) is 0.0588. The number of hydrogen-bond acceptors (Lipinski definition) is 5. The van der Waals surface area contributed by atoms with Crippen molar-refractivity contribution in [2.75, 3.05) is 6.79 Å². The third-order valence-electron chi connectivity index (χ3n) is 3.41. The first-order valence-electron chi connectivity index (χ1n) is 6.87. The van der Waals surface area contributed by atoms with E-state index in [1.54, 1.807) is 18.2 Å². The lowest BCUT2D eigenvalue weighted by Gasteiger charge is -1.98. The maximum atomic E-state index is 12.0. The van der Waals surface area contributed by atoms with Crippen LogP contribution < -0.4 is 9.47 Å². The molecule has 0 spiro atoms. The van der Waals surface area contributed by atoms with Crippen LogP contribution in [0.4, 0.5) is 0 Å². The highest BCUT2D eigenvalue weighted by atomic mass is 79.9. The summed E-state index contributed by atoms with van der Waals surface area (Å²) in [4.78, 5) is 16.3. The quantitative estimate of drug-likeness (QED) is 0.598. The molecule has 0 amide bonds. The van der Waals surface area contributed by atoms with E-state index >= 15 is 0 Å². The molecule has 4 rings (SSSR count). The standard InChI is InChI=1S/C17H10BrNO4/c18-12-4-2-11(3-5-12)16-19-13(17(20)23-16)7-10-1-6-14-15(8-10)22-9-21-14/h1-8H,9H2/b13-7-. The maximum absolute atomic E-state index is 12.0. The summed E-state index contributed by atoms with van der Waals surface area (Å²) >= 11 is 3.37. The van der Waals surface area contributed by atoms with Crippen LogP contribution in [0, 0.1) is 0 Å². The van der Waals surface area contributed by atoms with Crippen LogP contribution in [0.25, 0.3) is 6.08 Å². The molecular formula is C17H10BrNO4. The maximum Gasteiger partial charge on any atom is 0.363 e. The Morgan fingerprint density at radius 1 is 1.04 bits per heavy atom. The highest BCUT2D eigenvalue weighted by Gasteiger charge is 2.24. The Morgan fingerprint density at radius 2 is 1.83 bits per heavy atom. The third-order valence-corrected chi connectivity index (χ3v) is 3.94. The Kier molecular flexibility index (Phi) is 3.38. The fourth-order valence-electron chi connectivity index (χ4n) is 2.29. The van der Waals surface area contributed by atoms with E-state index in [4.69, 9.17) is 14.2 Å². The van der Waals surface area contributed by atoms with Gasteiger partial charge < -0.3 is 14.2 Å². The minimum absolute atomic E-state index is 0.212. The molecule has 6 heteroatoms. The molecule has 0 aliphatic carbocycles. The molecule has 2 aliphatic heterocycles. The summed E-state index contributed by atoms with van der Waals surface area (Å²) in [5, 5.41) is 0. The van der Waals surface area contributed by atoms with E-state index in [0.717, 1.165) is 15.6 Å². The van der Waals surface area contributed by atoms with Crippen LogP contribution in [-0.4, -0.2) is 18.7 Å². The Morgan fingerprint density at radius 3 is 2.65 bits per heavy atom. The van der Waals surface area contributed by atoms with Crippen LogP contribution in [-0.2, 0) is 9.53 Å². The first-order chi connectivity index (χ1) is 11.2. The van der Waals surface area contributed by atoms with Crippen molar-refractivity contribution in [3.05, 3.63) is 63.8 Å². The van der Waals surface area contributed by atoms with Gasteiger partial charge in [-0.2, -0.15) is 0 Å². The molecule has 0 bridgehead atoms. The molecule has 0 unspecified atom stereocenters. The lowest BCUT2D eigenvalue weighted by atomic mass is 10.1. The smallest absolute Gasteiger partial charge is 0.363 e. The number of cyclic esters (lactones) is 1. The fourth-order valence-corrected chi connectivity index (χ4v) is 2.55. The summed E-state index contributed by atoms with van der Waals surface area (Å²) in [5.41, 5.74) is 1.79. The average Bonchev–Trinajstić information content (AvgIpc) is 3.15. The number of hydrogen-bond donors (Lipinski definition) is 0. The number of aliphatic imine (C=N–C) groups is 1. The molecule has 2 aliphatic rings. The highest BCUT2D eigenvalue weighted by molar-refractivity contribution is 9.10. The van der Waals surface area contributed by atoms with E-state index in [-0.39, 0.29) is 12.5 Å². The number of carbonyl (C=O) groups excluding carboxylic acids is 1. The van der Waals surface area contributed by atoms with Crippen LogP contribution in [0.3, 0.4) is 0 Å². The van der Waals surface area contributed by atoms with E-state index in [2.05, 4.69) is 20.9 Å². The Balaban J connectivity index is 1.65. The number of carbonyl (C=O) groups is 1. The molecule has 5 nitrogen and oxygen atoms in total. The molecule has 0 N–H and O–H groups in total. The second-order valence-corrected chi connectivity index (χ2v) is 5.87. The minimum Gasteiger partial charge on any atom is -0.454 e.